The summed E-state index contributed by atoms with van der Waals surface area (Å²) >= 11 is 0. The maximum absolute atomic E-state index is 14.3. The third kappa shape index (κ3) is 4.12. The molecule has 0 aliphatic heterocycles. The van der Waals surface area contributed by atoms with Gasteiger partial charge in [-0.2, -0.15) is 0 Å². The number of nitrogens with one attached hydrogen (secondary N) is 1. The fraction of sp³-hybridized carbons (Fsp3) is 0.200. The number of hydrogen-bond acceptors (Lipinski definition) is 2. The number of carbonyl (C=O) groups excluding carboxylic acids is 1. The number of nitrogens with zero attached hydrogens (tertiary/aromatic N) is 2. The van der Waals surface area contributed by atoms with Gasteiger partial charge in [-0.25, -0.2) is 9.37 Å². The van der Waals surface area contributed by atoms with E-state index in [2.05, 4.69) is 10.3 Å². The number of halogens is 1. The molecule has 0 aliphatic carbocycles. The second-order valence-corrected chi connectivity index (χ2v) is 5.90. The Bertz CT molecular complexity index is 845. The van der Waals surface area contributed by atoms with Crippen LogP contribution in [0.5, 0.6) is 0 Å². The number of rotatable bonds is 6. The summed E-state index contributed by atoms with van der Waals surface area (Å²) < 4.78 is 16.1. The fourth-order valence-electron chi connectivity index (χ4n) is 2.78. The van der Waals surface area contributed by atoms with Crippen molar-refractivity contribution in [1.82, 2.24) is 14.9 Å². The Labute approximate surface area is 146 Å². The van der Waals surface area contributed by atoms with Gasteiger partial charge < -0.3 is 9.88 Å². The largest absolute Gasteiger partial charge is 0.342 e. The van der Waals surface area contributed by atoms with Crippen LogP contribution in [0.2, 0.25) is 0 Å². The van der Waals surface area contributed by atoms with Gasteiger partial charge in [0.05, 0.1) is 0 Å². The number of imidazole rings is 1. The van der Waals surface area contributed by atoms with Crippen molar-refractivity contribution >= 4 is 5.91 Å². The zero-order valence-corrected chi connectivity index (χ0v) is 14.0. The van der Waals surface area contributed by atoms with Crippen LogP contribution < -0.4 is 5.32 Å². The van der Waals surface area contributed by atoms with Crippen molar-refractivity contribution in [2.75, 3.05) is 0 Å². The van der Waals surface area contributed by atoms with Crippen molar-refractivity contribution < 1.29 is 9.18 Å². The Morgan fingerprint density at radius 2 is 1.88 bits per heavy atom. The van der Waals surface area contributed by atoms with E-state index in [1.54, 1.807) is 35.2 Å². The topological polar surface area (TPSA) is 46.9 Å². The summed E-state index contributed by atoms with van der Waals surface area (Å²) in [6, 6.07) is 15.6. The van der Waals surface area contributed by atoms with Crippen LogP contribution >= 0.6 is 0 Å². The highest BCUT2D eigenvalue weighted by Crippen LogP contribution is 2.23. The van der Waals surface area contributed by atoms with Gasteiger partial charge in [-0.3, -0.25) is 4.79 Å². The normalized spacial score (nSPS) is 11.9. The number of aryl methyl sites for hydroxylation is 2. The van der Waals surface area contributed by atoms with Gasteiger partial charge in [0.2, 0.25) is 5.91 Å². The molecule has 1 unspecified atom stereocenters. The number of carbonyl (C=O) groups is 1. The van der Waals surface area contributed by atoms with Crippen molar-refractivity contribution in [2.24, 2.45) is 7.05 Å². The van der Waals surface area contributed by atoms with Gasteiger partial charge >= 0.3 is 0 Å². The molecular formula is C20H20FN3O. The summed E-state index contributed by atoms with van der Waals surface area (Å²) in [5.41, 5.74) is 1.50. The van der Waals surface area contributed by atoms with Crippen LogP contribution in [0.15, 0.2) is 67.0 Å². The minimum Gasteiger partial charge on any atom is -0.342 e. The summed E-state index contributed by atoms with van der Waals surface area (Å²) in [5.74, 6) is 0.0946. The number of amides is 1. The summed E-state index contributed by atoms with van der Waals surface area (Å²) in [7, 11) is 1.83. The molecule has 0 saturated heterocycles. The molecule has 0 bridgehead atoms. The average molecular weight is 337 g/mol. The van der Waals surface area contributed by atoms with Crippen LogP contribution in [0, 0.1) is 5.82 Å². The first-order valence-corrected chi connectivity index (χ1v) is 8.20. The minimum absolute atomic E-state index is 0.139. The lowest BCUT2D eigenvalue weighted by Gasteiger charge is -2.19. The first kappa shape index (κ1) is 16.9. The third-order valence-electron chi connectivity index (χ3n) is 4.12. The minimum atomic E-state index is -0.621. The van der Waals surface area contributed by atoms with Gasteiger partial charge in [-0.05, 0) is 18.1 Å². The molecule has 4 nitrogen and oxygen atoms in total. The van der Waals surface area contributed by atoms with Crippen LogP contribution in [-0.4, -0.2) is 15.5 Å². The molecule has 1 N–H and O–H groups in total. The van der Waals surface area contributed by atoms with Crippen molar-refractivity contribution in [1.29, 1.82) is 0 Å². The van der Waals surface area contributed by atoms with E-state index in [1.165, 1.54) is 6.07 Å². The van der Waals surface area contributed by atoms with Crippen LogP contribution in [0.1, 0.15) is 29.4 Å². The molecule has 3 aromatic rings. The zero-order chi connectivity index (χ0) is 17.6. The monoisotopic (exact) mass is 337 g/mol. The molecule has 0 spiro atoms. The van der Waals surface area contributed by atoms with E-state index in [0.717, 1.165) is 5.56 Å². The zero-order valence-electron chi connectivity index (χ0n) is 14.0. The highest BCUT2D eigenvalue weighted by Gasteiger charge is 2.23. The summed E-state index contributed by atoms with van der Waals surface area (Å²) in [4.78, 5) is 16.7. The Morgan fingerprint density at radius 3 is 2.56 bits per heavy atom. The van der Waals surface area contributed by atoms with E-state index < -0.39 is 6.04 Å². The van der Waals surface area contributed by atoms with Crippen LogP contribution in [0.4, 0.5) is 4.39 Å². The molecule has 128 valence electrons. The first-order valence-electron chi connectivity index (χ1n) is 8.20. The van der Waals surface area contributed by atoms with E-state index in [-0.39, 0.29) is 11.7 Å². The molecule has 0 aliphatic rings. The van der Waals surface area contributed by atoms with Gasteiger partial charge in [0.15, 0.2) is 0 Å². The van der Waals surface area contributed by atoms with Gasteiger partial charge in [-0.1, -0.05) is 48.5 Å². The predicted molar refractivity (Wildman–Crippen MR) is 94.4 cm³/mol. The second kappa shape index (κ2) is 7.75. The van der Waals surface area contributed by atoms with Crippen LogP contribution in [-0.2, 0) is 18.3 Å². The summed E-state index contributed by atoms with van der Waals surface area (Å²) in [5, 5.41) is 2.93. The molecule has 0 radical (unpaired) electrons. The van der Waals surface area contributed by atoms with Gasteiger partial charge in [0.25, 0.3) is 0 Å². The Hall–Kier alpha value is -2.95. The van der Waals surface area contributed by atoms with Crippen molar-refractivity contribution in [3.63, 3.8) is 0 Å². The van der Waals surface area contributed by atoms with Crippen LogP contribution in [0.3, 0.4) is 0 Å². The predicted octanol–water partition coefficient (Wildman–Crippen LogP) is 3.40. The molecular weight excluding hydrogens is 317 g/mol. The average Bonchev–Trinajstić information content (AvgIpc) is 3.05. The van der Waals surface area contributed by atoms with E-state index in [0.29, 0.717) is 24.2 Å². The molecule has 1 heterocycles. The highest BCUT2D eigenvalue weighted by molar-refractivity contribution is 5.77. The molecule has 1 atom stereocenters. The quantitative estimate of drug-likeness (QED) is 0.749. The van der Waals surface area contributed by atoms with E-state index in [9.17, 15) is 9.18 Å². The van der Waals surface area contributed by atoms with Crippen molar-refractivity contribution in [2.45, 2.75) is 18.9 Å². The highest BCUT2D eigenvalue weighted by atomic mass is 19.1. The standard InChI is InChI=1S/C20H20FN3O/c1-24-14-13-22-20(24)19(16-9-5-6-10-17(16)21)23-18(25)12-11-15-7-3-2-4-8-15/h2-10,13-14,19H,11-12H2,1H3,(H,23,25). The summed E-state index contributed by atoms with van der Waals surface area (Å²) in [6.45, 7) is 0. The summed E-state index contributed by atoms with van der Waals surface area (Å²) in [6.07, 6.45) is 4.38. The third-order valence-corrected chi connectivity index (χ3v) is 4.12. The van der Waals surface area contributed by atoms with Gasteiger partial charge in [0, 0.05) is 31.4 Å². The van der Waals surface area contributed by atoms with Crippen molar-refractivity contribution in [3.8, 4) is 0 Å². The molecule has 0 fully saturated rings. The Balaban J connectivity index is 1.77. The smallest absolute Gasteiger partial charge is 0.221 e. The molecule has 1 aromatic heterocycles. The molecule has 2 aromatic carbocycles. The fourth-order valence-corrected chi connectivity index (χ4v) is 2.78. The molecule has 5 heteroatoms. The number of aromatic nitrogens is 2. The first-order chi connectivity index (χ1) is 12.1. The molecule has 3 rings (SSSR count). The van der Waals surface area contributed by atoms with Gasteiger partial charge in [-0.15, -0.1) is 0 Å². The molecule has 0 saturated carbocycles. The van der Waals surface area contributed by atoms with E-state index in [1.807, 2.05) is 37.4 Å². The Morgan fingerprint density at radius 1 is 1.16 bits per heavy atom. The Kier molecular flexibility index (Phi) is 5.23. The van der Waals surface area contributed by atoms with E-state index >= 15 is 0 Å². The molecule has 1 amide bonds. The maximum Gasteiger partial charge on any atom is 0.221 e. The second-order valence-electron chi connectivity index (χ2n) is 5.90. The van der Waals surface area contributed by atoms with E-state index in [4.69, 9.17) is 0 Å². The number of hydrogen-bond donors (Lipinski definition) is 1. The lowest BCUT2D eigenvalue weighted by molar-refractivity contribution is -0.121. The van der Waals surface area contributed by atoms with Gasteiger partial charge in [0.1, 0.15) is 17.7 Å². The number of benzene rings is 2. The SMILES string of the molecule is Cn1ccnc1C(NC(=O)CCc1ccccc1)c1ccccc1F. The lowest BCUT2D eigenvalue weighted by atomic mass is 10.0. The molecule has 25 heavy (non-hydrogen) atoms. The lowest BCUT2D eigenvalue weighted by Crippen LogP contribution is -2.31. The van der Waals surface area contributed by atoms with Crippen molar-refractivity contribution in [3.05, 3.63) is 89.8 Å². The maximum atomic E-state index is 14.3. The van der Waals surface area contributed by atoms with Crippen LogP contribution in [0.25, 0.3) is 0 Å².